The third-order valence-electron chi connectivity index (χ3n) is 2.60. The molecule has 2 rings (SSSR count). The smallest absolute Gasteiger partial charge is 0.260 e. The second-order valence-corrected chi connectivity index (χ2v) is 4.08. The van der Waals surface area contributed by atoms with Crippen molar-refractivity contribution < 1.29 is 4.79 Å². The maximum Gasteiger partial charge on any atom is 0.260 e. The molecule has 1 amide bonds. The lowest BCUT2D eigenvalue weighted by Crippen LogP contribution is -2.28. The number of amides is 1. The van der Waals surface area contributed by atoms with Crippen molar-refractivity contribution in [2.45, 2.75) is 13.5 Å². The molecule has 0 saturated heterocycles. The highest BCUT2D eigenvalue weighted by Crippen LogP contribution is 2.03. The molecule has 0 aliphatic heterocycles. The van der Waals surface area contributed by atoms with Crippen LogP contribution in [0.1, 0.15) is 21.5 Å². The van der Waals surface area contributed by atoms with Crippen LogP contribution in [0.15, 0.2) is 47.4 Å². The first-order valence-corrected chi connectivity index (χ1v) is 5.68. The van der Waals surface area contributed by atoms with Gasteiger partial charge in [0, 0.05) is 12.7 Å². The molecule has 4 nitrogen and oxygen atoms in total. The topological polar surface area (TPSA) is 62.0 Å². The van der Waals surface area contributed by atoms with E-state index in [0.717, 1.165) is 11.1 Å². The van der Waals surface area contributed by atoms with Crippen molar-refractivity contribution in [2.75, 3.05) is 0 Å². The molecule has 4 heteroatoms. The minimum atomic E-state index is -0.376. The Labute approximate surface area is 105 Å². The maximum absolute atomic E-state index is 11.8. The minimum Gasteiger partial charge on any atom is -0.348 e. The van der Waals surface area contributed by atoms with Crippen molar-refractivity contribution in [3.05, 3.63) is 69.6 Å². The average Bonchev–Trinajstić information content (AvgIpc) is 2.37. The van der Waals surface area contributed by atoms with Crippen LogP contribution in [0.3, 0.4) is 0 Å². The summed E-state index contributed by atoms with van der Waals surface area (Å²) in [4.78, 5) is 25.7. The third kappa shape index (κ3) is 2.85. The first kappa shape index (κ1) is 12.1. The van der Waals surface area contributed by atoms with Crippen LogP contribution in [0, 0.1) is 6.92 Å². The van der Waals surface area contributed by atoms with E-state index < -0.39 is 0 Å². The molecule has 0 atom stereocenters. The maximum atomic E-state index is 11.8. The number of nitrogens with one attached hydrogen (secondary N) is 2. The molecule has 0 bridgehead atoms. The van der Waals surface area contributed by atoms with Gasteiger partial charge in [-0.3, -0.25) is 9.59 Å². The van der Waals surface area contributed by atoms with E-state index in [9.17, 15) is 9.59 Å². The van der Waals surface area contributed by atoms with Crippen LogP contribution in [-0.4, -0.2) is 10.9 Å². The quantitative estimate of drug-likeness (QED) is 0.859. The van der Waals surface area contributed by atoms with Crippen LogP contribution in [0.2, 0.25) is 0 Å². The van der Waals surface area contributed by atoms with E-state index in [1.54, 1.807) is 6.07 Å². The number of aromatic nitrogens is 1. The number of aryl methyl sites for hydroxylation is 1. The molecule has 0 radical (unpaired) electrons. The molecule has 0 unspecified atom stereocenters. The molecule has 2 aromatic rings. The monoisotopic (exact) mass is 242 g/mol. The molecule has 0 fully saturated rings. The van der Waals surface area contributed by atoms with Crippen molar-refractivity contribution in [1.82, 2.24) is 10.3 Å². The zero-order chi connectivity index (χ0) is 13.0. The summed E-state index contributed by atoms with van der Waals surface area (Å²) in [6, 6.07) is 11.0. The van der Waals surface area contributed by atoms with Crippen molar-refractivity contribution in [3.63, 3.8) is 0 Å². The molecule has 0 spiro atoms. The van der Waals surface area contributed by atoms with Crippen LogP contribution in [-0.2, 0) is 6.54 Å². The number of H-pyrrole nitrogens is 1. The fourth-order valence-corrected chi connectivity index (χ4v) is 1.70. The zero-order valence-electron chi connectivity index (χ0n) is 10.1. The summed E-state index contributed by atoms with van der Waals surface area (Å²) in [5.41, 5.74) is 1.90. The van der Waals surface area contributed by atoms with Crippen LogP contribution in [0.25, 0.3) is 0 Å². The number of rotatable bonds is 3. The molecule has 0 aliphatic rings. The van der Waals surface area contributed by atoms with Gasteiger partial charge < -0.3 is 10.3 Å². The summed E-state index contributed by atoms with van der Waals surface area (Å²) in [7, 11) is 0. The normalized spacial score (nSPS) is 10.1. The number of hydrogen-bond donors (Lipinski definition) is 2. The van der Waals surface area contributed by atoms with Crippen molar-refractivity contribution in [1.29, 1.82) is 0 Å². The Bertz CT molecular complexity index is 617. The van der Waals surface area contributed by atoms with E-state index in [0.29, 0.717) is 6.54 Å². The molecule has 2 N–H and O–H groups in total. The van der Waals surface area contributed by atoms with Gasteiger partial charge in [-0.1, -0.05) is 29.8 Å². The summed E-state index contributed by atoms with van der Waals surface area (Å²) in [5.74, 6) is -0.363. The van der Waals surface area contributed by atoms with Gasteiger partial charge in [0.15, 0.2) is 0 Å². The molecular weight excluding hydrogens is 228 g/mol. The number of carbonyl (C=O) groups excluding carboxylic acids is 1. The first-order chi connectivity index (χ1) is 8.66. The second-order valence-electron chi connectivity index (χ2n) is 4.08. The van der Waals surface area contributed by atoms with Gasteiger partial charge in [-0.2, -0.15) is 0 Å². The van der Waals surface area contributed by atoms with Gasteiger partial charge >= 0.3 is 0 Å². The molecule has 1 aromatic heterocycles. The Kier molecular flexibility index (Phi) is 3.57. The predicted octanol–water partition coefficient (Wildman–Crippen LogP) is 1.61. The molecule has 18 heavy (non-hydrogen) atoms. The van der Waals surface area contributed by atoms with Crippen LogP contribution in [0.4, 0.5) is 0 Å². The van der Waals surface area contributed by atoms with E-state index >= 15 is 0 Å². The summed E-state index contributed by atoms with van der Waals surface area (Å²) in [6.07, 6.45) is 1.50. The summed E-state index contributed by atoms with van der Waals surface area (Å²) >= 11 is 0. The largest absolute Gasteiger partial charge is 0.348 e. The highest BCUT2D eigenvalue weighted by atomic mass is 16.2. The number of aromatic amines is 1. The Balaban J connectivity index is 2.05. The molecular formula is C14H14N2O2. The summed E-state index contributed by atoms with van der Waals surface area (Å²) < 4.78 is 0. The lowest BCUT2D eigenvalue weighted by molar-refractivity contribution is 0.0949. The van der Waals surface area contributed by atoms with Gasteiger partial charge in [-0.25, -0.2) is 0 Å². The number of pyridine rings is 1. The Morgan fingerprint density at radius 2 is 2.11 bits per heavy atom. The Morgan fingerprint density at radius 3 is 2.83 bits per heavy atom. The predicted molar refractivity (Wildman–Crippen MR) is 69.4 cm³/mol. The lowest BCUT2D eigenvalue weighted by atomic mass is 10.1. The number of hydrogen-bond acceptors (Lipinski definition) is 2. The fourth-order valence-electron chi connectivity index (χ4n) is 1.70. The lowest BCUT2D eigenvalue weighted by Gasteiger charge is -2.05. The minimum absolute atomic E-state index is 0.130. The standard InChI is InChI=1S/C14H14N2O2/c1-10-4-2-5-11(8-10)9-16-14(18)12-6-3-7-15-13(12)17/h2-8H,9H2,1H3,(H,15,17)(H,16,18). The van der Waals surface area contributed by atoms with Gasteiger partial charge in [0.2, 0.25) is 0 Å². The molecule has 92 valence electrons. The van der Waals surface area contributed by atoms with Gasteiger partial charge in [-0.05, 0) is 24.6 Å². The Morgan fingerprint density at radius 1 is 1.28 bits per heavy atom. The van der Waals surface area contributed by atoms with E-state index in [1.807, 2.05) is 31.2 Å². The van der Waals surface area contributed by atoms with E-state index in [-0.39, 0.29) is 17.0 Å². The van der Waals surface area contributed by atoms with Gasteiger partial charge in [0.25, 0.3) is 11.5 Å². The van der Waals surface area contributed by atoms with Crippen LogP contribution < -0.4 is 10.9 Å². The van der Waals surface area contributed by atoms with Crippen LogP contribution in [0.5, 0.6) is 0 Å². The van der Waals surface area contributed by atoms with E-state index in [4.69, 9.17) is 0 Å². The van der Waals surface area contributed by atoms with Gasteiger partial charge in [-0.15, -0.1) is 0 Å². The van der Waals surface area contributed by atoms with Crippen LogP contribution >= 0.6 is 0 Å². The van der Waals surface area contributed by atoms with E-state index in [1.165, 1.54) is 12.3 Å². The van der Waals surface area contributed by atoms with Gasteiger partial charge in [0.1, 0.15) is 5.56 Å². The zero-order valence-corrected chi connectivity index (χ0v) is 10.1. The van der Waals surface area contributed by atoms with Gasteiger partial charge in [0.05, 0.1) is 0 Å². The second kappa shape index (κ2) is 5.31. The third-order valence-corrected chi connectivity index (χ3v) is 2.60. The number of carbonyl (C=O) groups is 1. The fraction of sp³-hybridized carbons (Fsp3) is 0.143. The van der Waals surface area contributed by atoms with Crippen molar-refractivity contribution >= 4 is 5.91 Å². The summed E-state index contributed by atoms with van der Waals surface area (Å²) in [6.45, 7) is 2.40. The first-order valence-electron chi connectivity index (χ1n) is 5.68. The average molecular weight is 242 g/mol. The summed E-state index contributed by atoms with van der Waals surface area (Å²) in [5, 5.41) is 2.72. The highest BCUT2D eigenvalue weighted by molar-refractivity contribution is 5.93. The molecule has 0 aliphatic carbocycles. The molecule has 0 saturated carbocycles. The number of benzene rings is 1. The SMILES string of the molecule is Cc1cccc(CNC(=O)c2ccc[nH]c2=O)c1. The van der Waals surface area contributed by atoms with Crippen molar-refractivity contribution in [2.24, 2.45) is 0 Å². The van der Waals surface area contributed by atoms with Crippen molar-refractivity contribution in [3.8, 4) is 0 Å². The van der Waals surface area contributed by atoms with E-state index in [2.05, 4.69) is 10.3 Å². The molecule has 1 aromatic carbocycles. The Hall–Kier alpha value is -2.36. The highest BCUT2D eigenvalue weighted by Gasteiger charge is 2.08. The molecule has 1 heterocycles.